The van der Waals surface area contributed by atoms with Crippen LogP contribution in [0.3, 0.4) is 0 Å². The second-order valence-corrected chi connectivity index (χ2v) is 7.14. The van der Waals surface area contributed by atoms with Crippen molar-refractivity contribution in [3.8, 4) is 0 Å². The van der Waals surface area contributed by atoms with Crippen LogP contribution in [0, 0.1) is 13.8 Å². The number of carbonyl (C=O) groups is 1. The van der Waals surface area contributed by atoms with E-state index in [9.17, 15) is 18.0 Å². The van der Waals surface area contributed by atoms with Crippen molar-refractivity contribution in [2.24, 2.45) is 0 Å². The van der Waals surface area contributed by atoms with Crippen LogP contribution < -0.4 is 5.32 Å². The Morgan fingerprint density at radius 1 is 1.13 bits per heavy atom. The molecule has 7 nitrogen and oxygen atoms in total. The first-order chi connectivity index (χ1) is 14.7. The summed E-state index contributed by atoms with van der Waals surface area (Å²) in [4.78, 5) is 19.9. The number of hydrogen-bond acceptors (Lipinski definition) is 5. The van der Waals surface area contributed by atoms with Crippen molar-refractivity contribution in [2.45, 2.75) is 52.9 Å². The number of hydrogen-bond donors (Lipinski definition) is 1. The maximum atomic E-state index is 12.9. The predicted octanol–water partition coefficient (Wildman–Crippen LogP) is 3.55. The Morgan fingerprint density at radius 2 is 1.81 bits per heavy atom. The third-order valence-corrected chi connectivity index (χ3v) is 4.89. The van der Waals surface area contributed by atoms with Crippen molar-refractivity contribution in [3.63, 3.8) is 0 Å². The van der Waals surface area contributed by atoms with Crippen LogP contribution in [-0.4, -0.2) is 32.1 Å². The lowest BCUT2D eigenvalue weighted by atomic mass is 10.1. The first-order valence-corrected chi connectivity index (χ1v) is 9.91. The van der Waals surface area contributed by atoms with Gasteiger partial charge in [0, 0.05) is 31.0 Å². The van der Waals surface area contributed by atoms with Crippen molar-refractivity contribution >= 4 is 11.7 Å². The molecule has 0 aliphatic heterocycles. The fourth-order valence-corrected chi connectivity index (χ4v) is 3.19. The second kappa shape index (κ2) is 9.42. The van der Waals surface area contributed by atoms with Crippen molar-refractivity contribution in [1.29, 1.82) is 0 Å². The van der Waals surface area contributed by atoms with E-state index < -0.39 is 12.0 Å². The van der Waals surface area contributed by atoms with Gasteiger partial charge in [0.2, 0.25) is 5.91 Å². The molecular formula is C21H24F3N5O2. The van der Waals surface area contributed by atoms with E-state index in [2.05, 4.69) is 20.4 Å². The zero-order valence-electron chi connectivity index (χ0n) is 17.6. The highest BCUT2D eigenvalue weighted by molar-refractivity contribution is 5.76. The van der Waals surface area contributed by atoms with Crippen LogP contribution in [0.4, 0.5) is 13.2 Å². The Kier molecular flexibility index (Phi) is 6.89. The average Bonchev–Trinajstić information content (AvgIpc) is 3.16. The van der Waals surface area contributed by atoms with Crippen LogP contribution in [-0.2, 0) is 35.3 Å². The number of nitrogens with zero attached hydrogens (tertiary/aromatic N) is 4. The molecule has 166 valence electrons. The van der Waals surface area contributed by atoms with Crippen LogP contribution in [0.15, 0.2) is 24.3 Å². The summed E-state index contributed by atoms with van der Waals surface area (Å²) in [6, 6.07) is 7.78. The van der Waals surface area contributed by atoms with Gasteiger partial charge in [-0.1, -0.05) is 24.3 Å². The Balaban J connectivity index is 1.60. The van der Waals surface area contributed by atoms with E-state index in [1.807, 2.05) is 31.2 Å². The number of halogens is 3. The number of ether oxygens (including phenoxy) is 1. The lowest BCUT2D eigenvalue weighted by molar-refractivity contribution is -0.144. The summed E-state index contributed by atoms with van der Waals surface area (Å²) < 4.78 is 45.1. The zero-order chi connectivity index (χ0) is 22.6. The maximum absolute atomic E-state index is 12.9. The number of benzene rings is 1. The smallest absolute Gasteiger partial charge is 0.377 e. The van der Waals surface area contributed by atoms with Crippen LogP contribution in [0.1, 0.15) is 47.2 Å². The summed E-state index contributed by atoms with van der Waals surface area (Å²) in [5, 5.41) is 6.38. The molecule has 0 bridgehead atoms. The molecule has 0 unspecified atom stereocenters. The first-order valence-electron chi connectivity index (χ1n) is 9.91. The number of nitrogens with one attached hydrogen (secondary N) is 1. The fourth-order valence-electron chi connectivity index (χ4n) is 3.19. The third kappa shape index (κ3) is 5.57. The van der Waals surface area contributed by atoms with Gasteiger partial charge in [0.05, 0.1) is 6.61 Å². The Bertz CT molecular complexity index is 1060. The van der Waals surface area contributed by atoms with Gasteiger partial charge in [0.15, 0.2) is 0 Å². The first kappa shape index (κ1) is 22.7. The summed E-state index contributed by atoms with van der Waals surface area (Å²) in [6.07, 6.45) is -4.13. The van der Waals surface area contributed by atoms with Crippen molar-refractivity contribution in [1.82, 2.24) is 24.9 Å². The summed E-state index contributed by atoms with van der Waals surface area (Å²) >= 11 is 0. The highest BCUT2D eigenvalue weighted by Crippen LogP contribution is 2.27. The Labute approximate surface area is 177 Å². The number of amides is 1. The van der Waals surface area contributed by atoms with Gasteiger partial charge >= 0.3 is 6.18 Å². The van der Waals surface area contributed by atoms with Gasteiger partial charge in [0.1, 0.15) is 0 Å². The number of aromatic nitrogens is 4. The standard InChI is InChI=1S/C21H24F3N5O2/c1-4-31-12-16-7-5-15(6-8-16)11-25-18(30)10-9-17-13(2)26-20-27-19(21(22,23)24)28-29(20)14(17)3/h5-8H,4,9-12H2,1-3H3,(H,25,30). The van der Waals surface area contributed by atoms with E-state index in [0.717, 1.165) is 15.6 Å². The molecule has 0 saturated heterocycles. The molecule has 2 heterocycles. The SMILES string of the molecule is CCOCc1ccc(CNC(=O)CCc2c(C)nc3nc(C(F)(F)F)nn3c2C)cc1. The molecule has 1 amide bonds. The van der Waals surface area contributed by atoms with Gasteiger partial charge in [-0.2, -0.15) is 18.2 Å². The van der Waals surface area contributed by atoms with Gasteiger partial charge in [-0.05, 0) is 43.9 Å². The second-order valence-electron chi connectivity index (χ2n) is 7.14. The van der Waals surface area contributed by atoms with Gasteiger partial charge in [0.25, 0.3) is 11.6 Å². The molecule has 31 heavy (non-hydrogen) atoms. The molecule has 0 spiro atoms. The predicted molar refractivity (Wildman–Crippen MR) is 107 cm³/mol. The molecule has 3 aromatic rings. The quantitative estimate of drug-likeness (QED) is 0.585. The van der Waals surface area contributed by atoms with E-state index >= 15 is 0 Å². The van der Waals surface area contributed by atoms with E-state index in [1.54, 1.807) is 13.8 Å². The maximum Gasteiger partial charge on any atom is 0.453 e. The van der Waals surface area contributed by atoms with Crippen LogP contribution >= 0.6 is 0 Å². The number of fused-ring (bicyclic) bond motifs is 1. The molecule has 0 aliphatic carbocycles. The third-order valence-electron chi connectivity index (χ3n) is 4.89. The number of alkyl halides is 3. The lowest BCUT2D eigenvalue weighted by Crippen LogP contribution is -2.23. The van der Waals surface area contributed by atoms with E-state index in [-0.39, 0.29) is 18.1 Å². The summed E-state index contributed by atoms with van der Waals surface area (Å²) in [5.41, 5.74) is 3.73. The topological polar surface area (TPSA) is 81.4 Å². The molecule has 0 fully saturated rings. The molecule has 2 aromatic heterocycles. The molecule has 0 aliphatic rings. The highest BCUT2D eigenvalue weighted by atomic mass is 19.4. The van der Waals surface area contributed by atoms with Crippen molar-refractivity contribution in [3.05, 3.63) is 58.2 Å². The number of carbonyl (C=O) groups excluding carboxylic acids is 1. The van der Waals surface area contributed by atoms with Gasteiger partial charge < -0.3 is 10.1 Å². The molecule has 3 rings (SSSR count). The minimum absolute atomic E-state index is 0.108. The molecule has 0 atom stereocenters. The van der Waals surface area contributed by atoms with Crippen LogP contribution in [0.2, 0.25) is 0 Å². The summed E-state index contributed by atoms with van der Waals surface area (Å²) in [7, 11) is 0. The summed E-state index contributed by atoms with van der Waals surface area (Å²) in [5.74, 6) is -1.50. The van der Waals surface area contributed by atoms with Crippen molar-refractivity contribution < 1.29 is 22.7 Å². The summed E-state index contributed by atoms with van der Waals surface area (Å²) in [6.45, 7) is 6.86. The number of aryl methyl sites for hydroxylation is 2. The van der Waals surface area contributed by atoms with E-state index in [4.69, 9.17) is 4.74 Å². The molecular weight excluding hydrogens is 411 g/mol. The fraction of sp³-hybridized carbons (Fsp3) is 0.429. The Morgan fingerprint density at radius 3 is 2.45 bits per heavy atom. The van der Waals surface area contributed by atoms with Crippen LogP contribution in [0.25, 0.3) is 5.78 Å². The van der Waals surface area contributed by atoms with E-state index in [1.165, 1.54) is 0 Å². The monoisotopic (exact) mass is 435 g/mol. The van der Waals surface area contributed by atoms with Gasteiger partial charge in [-0.25, -0.2) is 9.50 Å². The lowest BCUT2D eigenvalue weighted by Gasteiger charge is -2.11. The van der Waals surface area contributed by atoms with Crippen molar-refractivity contribution in [2.75, 3.05) is 6.61 Å². The normalized spacial score (nSPS) is 11.8. The van der Waals surface area contributed by atoms with Crippen LogP contribution in [0.5, 0.6) is 0 Å². The number of rotatable bonds is 8. The van der Waals surface area contributed by atoms with Gasteiger partial charge in [-0.3, -0.25) is 4.79 Å². The molecule has 0 saturated carbocycles. The average molecular weight is 435 g/mol. The minimum Gasteiger partial charge on any atom is -0.377 e. The molecule has 10 heteroatoms. The Hall–Kier alpha value is -3.01. The van der Waals surface area contributed by atoms with Gasteiger partial charge in [-0.15, -0.1) is 5.10 Å². The highest BCUT2D eigenvalue weighted by Gasteiger charge is 2.36. The molecule has 1 N–H and O–H groups in total. The largest absolute Gasteiger partial charge is 0.453 e. The van der Waals surface area contributed by atoms with E-state index in [0.29, 0.717) is 43.1 Å². The minimum atomic E-state index is -4.64. The zero-order valence-corrected chi connectivity index (χ0v) is 17.6. The molecule has 1 aromatic carbocycles. The molecule has 0 radical (unpaired) electrons.